The molecule has 1 aliphatic rings. The van der Waals surface area contributed by atoms with E-state index in [0.29, 0.717) is 6.04 Å². The van der Waals surface area contributed by atoms with Crippen molar-refractivity contribution in [3.63, 3.8) is 0 Å². The summed E-state index contributed by atoms with van der Waals surface area (Å²) >= 11 is 7.66. The van der Waals surface area contributed by atoms with Crippen LogP contribution in [0.3, 0.4) is 0 Å². The van der Waals surface area contributed by atoms with Crippen LogP contribution in [-0.4, -0.2) is 6.04 Å². The molecular weight excluding hydrogens is 262 g/mol. The van der Waals surface area contributed by atoms with E-state index in [9.17, 15) is 0 Å². The van der Waals surface area contributed by atoms with Gasteiger partial charge in [0.1, 0.15) is 0 Å². The molecule has 0 fully saturated rings. The first kappa shape index (κ1) is 12.2. The molecule has 0 amide bonds. The van der Waals surface area contributed by atoms with Crippen LogP contribution >= 0.6 is 22.9 Å². The highest BCUT2D eigenvalue weighted by Crippen LogP contribution is 2.22. The van der Waals surface area contributed by atoms with Crippen molar-refractivity contribution < 1.29 is 0 Å². The third-order valence-corrected chi connectivity index (χ3v) is 4.82. The van der Waals surface area contributed by atoms with E-state index in [1.165, 1.54) is 28.8 Å². The van der Waals surface area contributed by atoms with Gasteiger partial charge in [0, 0.05) is 22.8 Å². The third kappa shape index (κ3) is 2.77. The first-order valence-corrected chi connectivity index (χ1v) is 7.60. The van der Waals surface area contributed by atoms with Crippen molar-refractivity contribution in [2.24, 2.45) is 0 Å². The lowest BCUT2D eigenvalue weighted by atomic mass is 9.88. The molecule has 0 bridgehead atoms. The maximum Gasteiger partial charge on any atom is 0.0516 e. The summed E-state index contributed by atoms with van der Waals surface area (Å²) in [5.74, 6) is 0. The molecular formula is C15H16ClNS. The Morgan fingerprint density at radius 3 is 2.89 bits per heavy atom. The van der Waals surface area contributed by atoms with Crippen molar-refractivity contribution in [3.05, 3.63) is 56.7 Å². The van der Waals surface area contributed by atoms with Crippen molar-refractivity contribution in [3.8, 4) is 0 Å². The van der Waals surface area contributed by atoms with Gasteiger partial charge in [0.15, 0.2) is 0 Å². The molecule has 0 radical (unpaired) electrons. The molecule has 1 heterocycles. The summed E-state index contributed by atoms with van der Waals surface area (Å²) in [6, 6.07) is 11.4. The number of aryl methyl sites for hydroxylation is 1. The predicted molar refractivity (Wildman–Crippen MR) is 78.4 cm³/mol. The molecule has 18 heavy (non-hydrogen) atoms. The molecule has 0 saturated heterocycles. The smallest absolute Gasteiger partial charge is 0.0516 e. The Hall–Kier alpha value is -0.830. The minimum atomic E-state index is 0.598. The van der Waals surface area contributed by atoms with Gasteiger partial charge in [-0.2, -0.15) is 0 Å². The van der Waals surface area contributed by atoms with Crippen LogP contribution in [-0.2, 0) is 19.4 Å². The fourth-order valence-electron chi connectivity index (χ4n) is 2.56. The van der Waals surface area contributed by atoms with Crippen LogP contribution in [0.4, 0.5) is 0 Å². The third-order valence-electron chi connectivity index (χ3n) is 3.53. The highest BCUT2D eigenvalue weighted by molar-refractivity contribution is 7.10. The zero-order chi connectivity index (χ0) is 12.4. The van der Waals surface area contributed by atoms with Crippen molar-refractivity contribution in [2.75, 3.05) is 0 Å². The Bertz CT molecular complexity index is 535. The molecule has 1 nitrogen and oxygen atoms in total. The first-order chi connectivity index (χ1) is 8.81. The molecule has 94 valence electrons. The van der Waals surface area contributed by atoms with Crippen LogP contribution in [0.25, 0.3) is 0 Å². The van der Waals surface area contributed by atoms with E-state index in [1.54, 1.807) is 11.3 Å². The Labute approximate surface area is 117 Å². The number of nitrogens with one attached hydrogen (secondary N) is 1. The summed E-state index contributed by atoms with van der Waals surface area (Å²) in [7, 11) is 0. The number of fused-ring (bicyclic) bond motifs is 1. The zero-order valence-corrected chi connectivity index (χ0v) is 11.7. The van der Waals surface area contributed by atoms with E-state index in [0.717, 1.165) is 18.0 Å². The van der Waals surface area contributed by atoms with Gasteiger partial charge in [0.05, 0.1) is 5.02 Å². The van der Waals surface area contributed by atoms with Gasteiger partial charge in [-0.05, 0) is 36.5 Å². The lowest BCUT2D eigenvalue weighted by molar-refractivity contribution is 0.459. The molecule has 1 aromatic carbocycles. The second kappa shape index (κ2) is 5.43. The number of hydrogen-bond donors (Lipinski definition) is 1. The number of halogens is 1. The second-order valence-corrected chi connectivity index (χ2v) is 6.25. The van der Waals surface area contributed by atoms with Gasteiger partial charge in [-0.3, -0.25) is 0 Å². The van der Waals surface area contributed by atoms with Crippen molar-refractivity contribution in [2.45, 2.75) is 31.8 Å². The monoisotopic (exact) mass is 277 g/mol. The fourth-order valence-corrected chi connectivity index (χ4v) is 3.59. The van der Waals surface area contributed by atoms with Crippen LogP contribution < -0.4 is 5.32 Å². The molecule has 1 N–H and O–H groups in total. The van der Waals surface area contributed by atoms with E-state index >= 15 is 0 Å². The number of rotatable bonds is 3. The molecule has 3 heteroatoms. The topological polar surface area (TPSA) is 12.0 Å². The molecule has 0 spiro atoms. The Morgan fingerprint density at radius 1 is 1.28 bits per heavy atom. The van der Waals surface area contributed by atoms with Gasteiger partial charge in [-0.1, -0.05) is 35.9 Å². The minimum Gasteiger partial charge on any atom is -0.309 e. The largest absolute Gasteiger partial charge is 0.309 e. The maximum atomic E-state index is 5.93. The van der Waals surface area contributed by atoms with Crippen LogP contribution in [0.15, 0.2) is 35.7 Å². The Kier molecular flexibility index (Phi) is 3.69. The molecule has 1 aromatic heterocycles. The van der Waals surface area contributed by atoms with Gasteiger partial charge in [-0.15, -0.1) is 11.3 Å². The normalized spacial score (nSPS) is 18.6. The second-order valence-electron chi connectivity index (χ2n) is 4.82. The standard InChI is InChI=1S/C15H16ClNS/c16-13-8-15(18-10-13)9-17-14-6-5-11-3-1-2-4-12(11)7-14/h1-4,8,10,14,17H,5-7,9H2. The molecule has 2 aromatic rings. The molecule has 0 aliphatic heterocycles. The van der Waals surface area contributed by atoms with Gasteiger partial charge in [0.25, 0.3) is 0 Å². The number of thiophene rings is 1. The lowest BCUT2D eigenvalue weighted by Crippen LogP contribution is -2.33. The van der Waals surface area contributed by atoms with Gasteiger partial charge in [-0.25, -0.2) is 0 Å². The highest BCUT2D eigenvalue weighted by atomic mass is 35.5. The van der Waals surface area contributed by atoms with E-state index in [-0.39, 0.29) is 0 Å². The Morgan fingerprint density at radius 2 is 2.11 bits per heavy atom. The first-order valence-electron chi connectivity index (χ1n) is 6.34. The van der Waals surface area contributed by atoms with Gasteiger partial charge < -0.3 is 5.32 Å². The molecule has 1 atom stereocenters. The zero-order valence-electron chi connectivity index (χ0n) is 10.2. The summed E-state index contributed by atoms with van der Waals surface area (Å²) in [4.78, 5) is 1.32. The number of hydrogen-bond acceptors (Lipinski definition) is 2. The fraction of sp³-hybridized carbons (Fsp3) is 0.333. The van der Waals surface area contributed by atoms with E-state index in [4.69, 9.17) is 11.6 Å². The predicted octanol–water partition coefficient (Wildman–Crippen LogP) is 4.05. The van der Waals surface area contributed by atoms with Crippen molar-refractivity contribution in [1.82, 2.24) is 5.32 Å². The maximum absolute atomic E-state index is 5.93. The summed E-state index contributed by atoms with van der Waals surface area (Å²) in [5.41, 5.74) is 3.03. The van der Waals surface area contributed by atoms with Crippen molar-refractivity contribution in [1.29, 1.82) is 0 Å². The lowest BCUT2D eigenvalue weighted by Gasteiger charge is -2.25. The van der Waals surface area contributed by atoms with E-state index in [1.807, 2.05) is 5.38 Å². The van der Waals surface area contributed by atoms with Crippen LogP contribution in [0.5, 0.6) is 0 Å². The molecule has 1 aliphatic carbocycles. The van der Waals surface area contributed by atoms with Crippen LogP contribution in [0.2, 0.25) is 5.02 Å². The summed E-state index contributed by atoms with van der Waals surface area (Å²) in [6.45, 7) is 0.935. The van der Waals surface area contributed by atoms with Gasteiger partial charge >= 0.3 is 0 Å². The Balaban J connectivity index is 1.59. The quantitative estimate of drug-likeness (QED) is 0.893. The SMILES string of the molecule is Clc1csc(CNC2CCc3ccccc3C2)c1. The molecule has 0 saturated carbocycles. The number of benzene rings is 1. The average Bonchev–Trinajstić information content (AvgIpc) is 2.82. The molecule has 1 unspecified atom stereocenters. The van der Waals surface area contributed by atoms with E-state index < -0.39 is 0 Å². The highest BCUT2D eigenvalue weighted by Gasteiger charge is 2.17. The summed E-state index contributed by atoms with van der Waals surface area (Å²) in [6.07, 6.45) is 3.57. The van der Waals surface area contributed by atoms with E-state index in [2.05, 4.69) is 35.6 Å². The van der Waals surface area contributed by atoms with Crippen LogP contribution in [0, 0.1) is 0 Å². The van der Waals surface area contributed by atoms with Crippen molar-refractivity contribution >= 4 is 22.9 Å². The minimum absolute atomic E-state index is 0.598. The average molecular weight is 278 g/mol. The van der Waals surface area contributed by atoms with Gasteiger partial charge in [0.2, 0.25) is 0 Å². The molecule has 3 rings (SSSR count). The summed E-state index contributed by atoms with van der Waals surface area (Å²) in [5, 5.41) is 6.49. The summed E-state index contributed by atoms with van der Waals surface area (Å²) < 4.78 is 0. The van der Waals surface area contributed by atoms with Crippen LogP contribution in [0.1, 0.15) is 22.4 Å².